The quantitative estimate of drug-likeness (QED) is 0.445. The molecule has 0 aliphatic heterocycles. The van der Waals surface area contributed by atoms with Gasteiger partial charge in [0.05, 0.1) is 6.61 Å². The van der Waals surface area contributed by atoms with Gasteiger partial charge in [0.1, 0.15) is 6.11 Å². The first-order chi connectivity index (χ1) is 4.81. The van der Waals surface area contributed by atoms with Crippen LogP contribution in [0, 0.1) is 12.5 Å². The van der Waals surface area contributed by atoms with Crippen molar-refractivity contribution in [1.82, 2.24) is 5.32 Å². The van der Waals surface area contributed by atoms with E-state index in [-0.39, 0.29) is 0 Å². The predicted octanol–water partition coefficient (Wildman–Crippen LogP) is -0.0503. The molecule has 0 bridgehead atoms. The van der Waals surface area contributed by atoms with Gasteiger partial charge in [0.2, 0.25) is 0 Å². The summed E-state index contributed by atoms with van der Waals surface area (Å²) in [6, 6.07) is 0. The van der Waals surface area contributed by atoms with E-state index in [9.17, 15) is 4.79 Å². The minimum Gasteiger partial charge on any atom is -0.383 e. The van der Waals surface area contributed by atoms with Crippen LogP contribution in [-0.2, 0) is 9.47 Å². The third-order valence-corrected chi connectivity index (χ3v) is 0.727. The van der Waals surface area contributed by atoms with Crippen molar-refractivity contribution in [2.45, 2.75) is 0 Å². The van der Waals surface area contributed by atoms with Crippen LogP contribution >= 0.6 is 0 Å². The van der Waals surface area contributed by atoms with Crippen molar-refractivity contribution in [3.05, 3.63) is 0 Å². The third-order valence-electron chi connectivity index (χ3n) is 0.727. The van der Waals surface area contributed by atoms with Gasteiger partial charge >= 0.3 is 6.09 Å². The van der Waals surface area contributed by atoms with Crippen LogP contribution in [-0.4, -0.2) is 26.4 Å². The number of hydrogen-bond donors (Lipinski definition) is 1. The second kappa shape index (κ2) is 5.92. The summed E-state index contributed by atoms with van der Waals surface area (Å²) in [5.74, 6) is 0. The standard InChI is InChI=1S/C6H9NO3/c1-3-10-6(8)7-4-5-9-2/h1H,4-5H2,2H3,(H,7,8). The van der Waals surface area contributed by atoms with E-state index >= 15 is 0 Å². The van der Waals surface area contributed by atoms with Gasteiger partial charge in [-0.3, -0.25) is 0 Å². The largest absolute Gasteiger partial charge is 0.421 e. The molecule has 0 saturated heterocycles. The molecule has 0 fully saturated rings. The smallest absolute Gasteiger partial charge is 0.383 e. The van der Waals surface area contributed by atoms with Crippen molar-refractivity contribution in [1.29, 1.82) is 0 Å². The number of carbonyl (C=O) groups excluding carboxylic acids is 1. The van der Waals surface area contributed by atoms with Crippen LogP contribution in [0.3, 0.4) is 0 Å². The second-order valence-corrected chi connectivity index (χ2v) is 1.43. The molecular formula is C6H9NO3. The van der Waals surface area contributed by atoms with E-state index in [1.165, 1.54) is 7.11 Å². The number of rotatable bonds is 3. The first-order valence-corrected chi connectivity index (χ1v) is 2.70. The zero-order chi connectivity index (χ0) is 7.82. The maximum absolute atomic E-state index is 10.4. The molecule has 0 aliphatic rings. The van der Waals surface area contributed by atoms with Gasteiger partial charge in [-0.1, -0.05) is 6.42 Å². The molecule has 0 aliphatic carbocycles. The lowest BCUT2D eigenvalue weighted by molar-refractivity contribution is 0.175. The van der Waals surface area contributed by atoms with Gasteiger partial charge in [-0.15, -0.1) is 0 Å². The van der Waals surface area contributed by atoms with Crippen molar-refractivity contribution in [3.8, 4) is 12.5 Å². The van der Waals surface area contributed by atoms with Gasteiger partial charge in [0.15, 0.2) is 0 Å². The predicted molar refractivity (Wildman–Crippen MR) is 35.2 cm³/mol. The van der Waals surface area contributed by atoms with E-state index in [1.807, 2.05) is 0 Å². The number of methoxy groups -OCH3 is 1. The van der Waals surface area contributed by atoms with Gasteiger partial charge in [0, 0.05) is 13.7 Å². The van der Waals surface area contributed by atoms with Gasteiger partial charge in [-0.05, 0) is 0 Å². The summed E-state index contributed by atoms with van der Waals surface area (Å²) in [7, 11) is 1.54. The molecule has 0 spiro atoms. The maximum atomic E-state index is 10.4. The number of terminal acetylenes is 1. The Kier molecular flexibility index (Phi) is 5.20. The summed E-state index contributed by atoms with van der Waals surface area (Å²) in [5.41, 5.74) is 0. The minimum absolute atomic E-state index is 0.400. The fourth-order valence-corrected chi connectivity index (χ4v) is 0.345. The molecule has 0 unspecified atom stereocenters. The van der Waals surface area contributed by atoms with E-state index in [0.29, 0.717) is 13.2 Å². The highest BCUT2D eigenvalue weighted by Crippen LogP contribution is 1.72. The highest BCUT2D eigenvalue weighted by Gasteiger charge is 1.95. The zero-order valence-corrected chi connectivity index (χ0v) is 5.72. The van der Waals surface area contributed by atoms with Gasteiger partial charge in [0.25, 0.3) is 0 Å². The first kappa shape index (κ1) is 8.79. The number of alkyl carbamates (subject to hydrolysis) is 1. The molecule has 0 aromatic carbocycles. The molecule has 0 aromatic rings. The van der Waals surface area contributed by atoms with Crippen LogP contribution in [0.1, 0.15) is 0 Å². The van der Waals surface area contributed by atoms with E-state index in [1.54, 1.807) is 6.11 Å². The van der Waals surface area contributed by atoms with Crippen LogP contribution in [0.4, 0.5) is 4.79 Å². The second-order valence-electron chi connectivity index (χ2n) is 1.43. The van der Waals surface area contributed by atoms with Crippen molar-refractivity contribution in [3.63, 3.8) is 0 Å². The summed E-state index contributed by atoms with van der Waals surface area (Å²) in [6.45, 7) is 0.844. The fourth-order valence-electron chi connectivity index (χ4n) is 0.345. The SMILES string of the molecule is C#COC(=O)NCCOC. The lowest BCUT2D eigenvalue weighted by Crippen LogP contribution is -2.26. The Bertz CT molecular complexity index is 138. The third kappa shape index (κ3) is 4.94. The molecule has 10 heavy (non-hydrogen) atoms. The molecular weight excluding hydrogens is 134 g/mol. The summed E-state index contributed by atoms with van der Waals surface area (Å²) in [5, 5.41) is 2.36. The number of hydrogen-bond acceptors (Lipinski definition) is 3. The van der Waals surface area contributed by atoms with Crippen LogP contribution in [0.15, 0.2) is 0 Å². The topological polar surface area (TPSA) is 47.6 Å². The molecule has 0 atom stereocenters. The Morgan fingerprint density at radius 2 is 2.50 bits per heavy atom. The van der Waals surface area contributed by atoms with E-state index < -0.39 is 6.09 Å². The Hall–Kier alpha value is -1.21. The minimum atomic E-state index is -0.625. The van der Waals surface area contributed by atoms with Crippen molar-refractivity contribution in [2.75, 3.05) is 20.3 Å². The maximum Gasteiger partial charge on any atom is 0.421 e. The molecule has 1 amide bonds. The van der Waals surface area contributed by atoms with E-state index in [0.717, 1.165) is 0 Å². The average molecular weight is 143 g/mol. The highest BCUT2D eigenvalue weighted by atomic mass is 16.5. The molecule has 1 N–H and O–H groups in total. The average Bonchev–Trinajstić information content (AvgIpc) is 1.89. The Morgan fingerprint density at radius 1 is 1.80 bits per heavy atom. The number of carbonyl (C=O) groups is 1. The number of nitrogens with one attached hydrogen (secondary N) is 1. The molecule has 0 rings (SSSR count). The van der Waals surface area contributed by atoms with Gasteiger partial charge in [-0.2, -0.15) is 0 Å². The van der Waals surface area contributed by atoms with E-state index in [4.69, 9.17) is 0 Å². The summed E-state index contributed by atoms with van der Waals surface area (Å²) >= 11 is 0. The lowest BCUT2D eigenvalue weighted by Gasteiger charge is -1.99. The van der Waals surface area contributed by atoms with Crippen LogP contribution < -0.4 is 5.32 Å². The summed E-state index contributed by atoms with van der Waals surface area (Å²) < 4.78 is 8.76. The molecule has 0 aromatic heterocycles. The van der Waals surface area contributed by atoms with Crippen molar-refractivity contribution in [2.24, 2.45) is 0 Å². The van der Waals surface area contributed by atoms with Crippen LogP contribution in [0.2, 0.25) is 0 Å². The zero-order valence-electron chi connectivity index (χ0n) is 5.72. The number of amides is 1. The molecule has 56 valence electrons. The number of ether oxygens (including phenoxy) is 2. The Labute approximate surface area is 59.5 Å². The van der Waals surface area contributed by atoms with E-state index in [2.05, 4.69) is 21.2 Å². The van der Waals surface area contributed by atoms with Gasteiger partial charge in [-0.25, -0.2) is 4.79 Å². The Morgan fingerprint density at radius 3 is 3.00 bits per heavy atom. The summed E-state index contributed by atoms with van der Waals surface area (Å²) in [4.78, 5) is 10.4. The van der Waals surface area contributed by atoms with Crippen LogP contribution in [0.5, 0.6) is 0 Å². The molecule has 4 heteroatoms. The fraction of sp³-hybridized carbons (Fsp3) is 0.500. The normalized spacial score (nSPS) is 8.00. The molecule has 0 saturated carbocycles. The van der Waals surface area contributed by atoms with Crippen molar-refractivity contribution < 1.29 is 14.3 Å². The monoisotopic (exact) mass is 143 g/mol. The Balaban J connectivity index is 3.15. The van der Waals surface area contributed by atoms with Gasteiger partial charge < -0.3 is 14.8 Å². The van der Waals surface area contributed by atoms with Crippen molar-refractivity contribution >= 4 is 6.09 Å². The molecule has 0 radical (unpaired) electrons. The first-order valence-electron chi connectivity index (χ1n) is 2.70. The lowest BCUT2D eigenvalue weighted by atomic mass is 10.7. The molecule has 4 nitrogen and oxygen atoms in total. The molecule has 0 heterocycles. The summed E-state index contributed by atoms with van der Waals surface area (Å²) in [6.07, 6.45) is 5.79. The highest BCUT2D eigenvalue weighted by molar-refractivity contribution is 5.68. The van der Waals surface area contributed by atoms with Crippen LogP contribution in [0.25, 0.3) is 0 Å².